The third-order valence-electron chi connectivity index (χ3n) is 5.78. The topological polar surface area (TPSA) is 57.6 Å². The third kappa shape index (κ3) is 4.04. The van der Waals surface area contributed by atoms with Gasteiger partial charge >= 0.3 is 6.03 Å². The van der Waals surface area contributed by atoms with Crippen molar-refractivity contribution in [2.45, 2.75) is 27.3 Å². The van der Waals surface area contributed by atoms with E-state index in [9.17, 15) is 9.59 Å². The van der Waals surface area contributed by atoms with E-state index in [-0.39, 0.29) is 12.5 Å². The number of imide groups is 1. The molecule has 1 aromatic heterocycles. The molecular formula is C26H28N4O2. The SMILES string of the molecule is Cc1cccc(CN2C(=O)N/C(=C\c3cc(C)n(-c4ccc(N(C)C)cc4)c3C)C2=O)c1. The summed E-state index contributed by atoms with van der Waals surface area (Å²) in [5.74, 6) is -0.309. The molecule has 0 unspecified atom stereocenters. The molecule has 2 aromatic carbocycles. The van der Waals surface area contributed by atoms with Crippen molar-refractivity contribution in [2.24, 2.45) is 0 Å². The molecule has 0 atom stereocenters. The molecule has 2 heterocycles. The number of carbonyl (C=O) groups excluding carboxylic acids is 2. The highest BCUT2D eigenvalue weighted by atomic mass is 16.2. The normalized spacial score (nSPS) is 14.9. The fourth-order valence-corrected chi connectivity index (χ4v) is 4.09. The van der Waals surface area contributed by atoms with Crippen molar-refractivity contribution in [1.82, 2.24) is 14.8 Å². The summed E-state index contributed by atoms with van der Waals surface area (Å²) in [7, 11) is 4.03. The van der Waals surface area contributed by atoms with Gasteiger partial charge in [-0.15, -0.1) is 0 Å². The van der Waals surface area contributed by atoms with Gasteiger partial charge in [-0.2, -0.15) is 0 Å². The molecule has 1 aliphatic rings. The Morgan fingerprint density at radius 1 is 0.969 bits per heavy atom. The number of aryl methyl sites for hydroxylation is 2. The Bertz CT molecular complexity index is 1220. The molecule has 0 saturated carbocycles. The molecule has 4 rings (SSSR count). The fraction of sp³-hybridized carbons (Fsp3) is 0.231. The first kappa shape index (κ1) is 21.4. The predicted octanol–water partition coefficient (Wildman–Crippen LogP) is 4.56. The molecule has 0 bridgehead atoms. The summed E-state index contributed by atoms with van der Waals surface area (Å²) in [4.78, 5) is 28.7. The van der Waals surface area contributed by atoms with E-state index >= 15 is 0 Å². The molecule has 6 heteroatoms. The van der Waals surface area contributed by atoms with Crippen LogP contribution in [0.1, 0.15) is 28.1 Å². The third-order valence-corrected chi connectivity index (χ3v) is 5.78. The summed E-state index contributed by atoms with van der Waals surface area (Å²) >= 11 is 0. The molecule has 3 aromatic rings. The lowest BCUT2D eigenvalue weighted by molar-refractivity contribution is -0.123. The Kier molecular flexibility index (Phi) is 5.61. The molecule has 164 valence electrons. The Morgan fingerprint density at radius 3 is 2.34 bits per heavy atom. The van der Waals surface area contributed by atoms with E-state index in [2.05, 4.69) is 39.0 Å². The first-order valence-electron chi connectivity index (χ1n) is 10.6. The van der Waals surface area contributed by atoms with Gasteiger partial charge in [-0.25, -0.2) is 4.79 Å². The summed E-state index contributed by atoms with van der Waals surface area (Å²) in [6.45, 7) is 6.30. The summed E-state index contributed by atoms with van der Waals surface area (Å²) in [6, 6.07) is 17.8. The van der Waals surface area contributed by atoms with Crippen LogP contribution < -0.4 is 10.2 Å². The highest BCUT2D eigenvalue weighted by Crippen LogP contribution is 2.25. The van der Waals surface area contributed by atoms with Crippen LogP contribution in [0.3, 0.4) is 0 Å². The van der Waals surface area contributed by atoms with E-state index in [1.807, 2.05) is 65.2 Å². The van der Waals surface area contributed by atoms with E-state index in [1.54, 1.807) is 6.08 Å². The average molecular weight is 429 g/mol. The lowest BCUT2D eigenvalue weighted by Crippen LogP contribution is -2.30. The largest absolute Gasteiger partial charge is 0.378 e. The van der Waals surface area contributed by atoms with Gasteiger partial charge in [0.1, 0.15) is 5.70 Å². The minimum Gasteiger partial charge on any atom is -0.378 e. The van der Waals surface area contributed by atoms with Crippen molar-refractivity contribution in [2.75, 3.05) is 19.0 Å². The van der Waals surface area contributed by atoms with Crippen LogP contribution in [0.5, 0.6) is 0 Å². The van der Waals surface area contributed by atoms with Crippen LogP contribution in [0.25, 0.3) is 11.8 Å². The average Bonchev–Trinajstić information content (AvgIpc) is 3.17. The molecule has 6 nitrogen and oxygen atoms in total. The van der Waals surface area contributed by atoms with E-state index < -0.39 is 6.03 Å². The highest BCUT2D eigenvalue weighted by molar-refractivity contribution is 6.14. The van der Waals surface area contributed by atoms with Crippen molar-refractivity contribution < 1.29 is 9.59 Å². The minimum absolute atomic E-state index is 0.251. The van der Waals surface area contributed by atoms with Gasteiger partial charge < -0.3 is 14.8 Å². The van der Waals surface area contributed by atoms with Crippen molar-refractivity contribution in [3.8, 4) is 5.69 Å². The second kappa shape index (κ2) is 8.38. The molecule has 1 fully saturated rings. The summed E-state index contributed by atoms with van der Waals surface area (Å²) < 4.78 is 2.15. The molecule has 1 saturated heterocycles. The van der Waals surface area contributed by atoms with Crippen LogP contribution in [-0.2, 0) is 11.3 Å². The number of carbonyl (C=O) groups is 2. The summed E-state index contributed by atoms with van der Waals surface area (Å²) in [5, 5.41) is 2.74. The molecule has 1 N–H and O–H groups in total. The molecule has 3 amide bonds. The smallest absolute Gasteiger partial charge is 0.329 e. The monoisotopic (exact) mass is 428 g/mol. The minimum atomic E-state index is -0.393. The van der Waals surface area contributed by atoms with Crippen molar-refractivity contribution in [3.05, 3.63) is 88.4 Å². The lowest BCUT2D eigenvalue weighted by atomic mass is 10.1. The number of rotatable bonds is 5. The van der Waals surface area contributed by atoms with Crippen LogP contribution in [-0.4, -0.2) is 35.5 Å². The molecule has 0 spiro atoms. The fourth-order valence-electron chi connectivity index (χ4n) is 4.09. The van der Waals surface area contributed by atoms with Gasteiger partial charge in [-0.3, -0.25) is 9.69 Å². The van der Waals surface area contributed by atoms with Crippen LogP contribution in [0.4, 0.5) is 10.5 Å². The number of anilines is 1. The zero-order chi connectivity index (χ0) is 23.0. The summed E-state index contributed by atoms with van der Waals surface area (Å²) in [6.07, 6.45) is 1.77. The maximum atomic E-state index is 12.9. The van der Waals surface area contributed by atoms with Crippen LogP contribution in [0.15, 0.2) is 60.3 Å². The molecule has 1 aliphatic heterocycles. The number of hydrogen-bond donors (Lipinski definition) is 1. The van der Waals surface area contributed by atoms with Crippen LogP contribution in [0.2, 0.25) is 0 Å². The van der Waals surface area contributed by atoms with Crippen molar-refractivity contribution in [1.29, 1.82) is 0 Å². The zero-order valence-corrected chi connectivity index (χ0v) is 19.1. The van der Waals surface area contributed by atoms with Crippen LogP contribution in [0, 0.1) is 20.8 Å². The number of nitrogens with zero attached hydrogens (tertiary/aromatic N) is 3. The zero-order valence-electron chi connectivity index (χ0n) is 19.1. The quantitative estimate of drug-likeness (QED) is 0.479. The molecular weight excluding hydrogens is 400 g/mol. The van der Waals surface area contributed by atoms with E-state index in [4.69, 9.17) is 0 Å². The number of benzene rings is 2. The number of nitrogens with one attached hydrogen (secondary N) is 1. The van der Waals surface area contributed by atoms with Gasteiger partial charge in [-0.1, -0.05) is 29.8 Å². The second-order valence-corrected chi connectivity index (χ2v) is 8.44. The van der Waals surface area contributed by atoms with E-state index in [1.165, 1.54) is 4.90 Å². The van der Waals surface area contributed by atoms with Gasteiger partial charge in [0.2, 0.25) is 0 Å². The predicted molar refractivity (Wildman–Crippen MR) is 128 cm³/mol. The van der Waals surface area contributed by atoms with Gasteiger partial charge in [-0.05, 0) is 68.3 Å². The maximum Gasteiger partial charge on any atom is 0.329 e. The maximum absolute atomic E-state index is 12.9. The standard InChI is InChI=1S/C26H28N4O2/c1-17-7-6-8-20(13-17)16-29-25(31)24(27-26(29)32)15-21-14-18(2)30(19(21)3)23-11-9-22(10-12-23)28(4)5/h6-15H,16H2,1-5H3,(H,27,32)/b24-15-. The molecule has 0 aliphatic carbocycles. The van der Waals surface area contributed by atoms with Gasteiger partial charge in [0.15, 0.2) is 0 Å². The van der Waals surface area contributed by atoms with Crippen molar-refractivity contribution >= 4 is 23.7 Å². The molecule has 32 heavy (non-hydrogen) atoms. The Morgan fingerprint density at radius 2 is 1.69 bits per heavy atom. The van der Waals surface area contributed by atoms with E-state index in [0.29, 0.717) is 5.70 Å². The first-order valence-corrected chi connectivity index (χ1v) is 10.6. The first-order chi connectivity index (χ1) is 15.2. The van der Waals surface area contributed by atoms with E-state index in [0.717, 1.165) is 39.5 Å². The number of urea groups is 1. The highest BCUT2D eigenvalue weighted by Gasteiger charge is 2.33. The Hall–Kier alpha value is -3.80. The number of hydrogen-bond acceptors (Lipinski definition) is 3. The second-order valence-electron chi connectivity index (χ2n) is 8.44. The number of amides is 3. The van der Waals surface area contributed by atoms with Crippen molar-refractivity contribution in [3.63, 3.8) is 0 Å². The lowest BCUT2D eigenvalue weighted by Gasteiger charge is -2.15. The summed E-state index contributed by atoms with van der Waals surface area (Å²) in [5.41, 5.74) is 7.47. The number of aromatic nitrogens is 1. The Labute approximate surface area is 188 Å². The van der Waals surface area contributed by atoms with Gasteiger partial charge in [0, 0.05) is 36.9 Å². The van der Waals surface area contributed by atoms with Crippen LogP contribution >= 0.6 is 0 Å². The van der Waals surface area contributed by atoms with Gasteiger partial charge in [0.05, 0.1) is 6.54 Å². The van der Waals surface area contributed by atoms with Gasteiger partial charge in [0.25, 0.3) is 5.91 Å². The molecule has 0 radical (unpaired) electrons. The Balaban J connectivity index is 1.61.